The molecule has 0 unspecified atom stereocenters. The van der Waals surface area contributed by atoms with Crippen molar-refractivity contribution in [1.82, 2.24) is 10.2 Å². The smallest absolute Gasteiger partial charge is 0.242 e. The first-order valence-electron chi connectivity index (χ1n) is 12.0. The zero-order valence-electron chi connectivity index (χ0n) is 21.4. The Labute approximate surface area is 219 Å². The van der Waals surface area contributed by atoms with Crippen molar-refractivity contribution in [2.24, 2.45) is 0 Å². The molecule has 0 bridgehead atoms. The van der Waals surface area contributed by atoms with Crippen molar-refractivity contribution >= 4 is 39.1 Å². The van der Waals surface area contributed by atoms with Gasteiger partial charge in [-0.25, -0.2) is 8.42 Å². The Morgan fingerprint density at radius 3 is 2.47 bits per heavy atom. The fraction of sp³-hybridized carbons (Fsp3) is 0.462. The van der Waals surface area contributed by atoms with Gasteiger partial charge < -0.3 is 15.0 Å². The molecule has 2 aromatic rings. The third-order valence-electron chi connectivity index (χ3n) is 5.73. The Morgan fingerprint density at radius 1 is 1.11 bits per heavy atom. The molecule has 198 valence electrons. The van der Waals surface area contributed by atoms with Crippen molar-refractivity contribution in [1.29, 1.82) is 0 Å². The molecule has 2 aromatic carbocycles. The molecule has 0 aromatic heterocycles. The van der Waals surface area contributed by atoms with Gasteiger partial charge in [-0.1, -0.05) is 43.1 Å². The fourth-order valence-corrected chi connectivity index (χ4v) is 4.89. The summed E-state index contributed by atoms with van der Waals surface area (Å²) < 4.78 is 31.4. The number of methoxy groups -OCH3 is 1. The normalized spacial score (nSPS) is 12.0. The number of sulfonamides is 1. The summed E-state index contributed by atoms with van der Waals surface area (Å²) in [6, 6.07) is 13.2. The molecule has 0 radical (unpaired) electrons. The molecule has 0 fully saturated rings. The summed E-state index contributed by atoms with van der Waals surface area (Å²) in [5.41, 5.74) is 1.27. The molecule has 0 saturated carbocycles. The average molecular weight is 538 g/mol. The van der Waals surface area contributed by atoms with Crippen molar-refractivity contribution in [3.63, 3.8) is 0 Å². The van der Waals surface area contributed by atoms with Gasteiger partial charge in [0.25, 0.3) is 0 Å². The van der Waals surface area contributed by atoms with Crippen LogP contribution in [-0.2, 0) is 26.2 Å². The van der Waals surface area contributed by atoms with E-state index in [2.05, 4.69) is 5.32 Å². The van der Waals surface area contributed by atoms with E-state index < -0.39 is 16.1 Å². The van der Waals surface area contributed by atoms with Crippen LogP contribution in [0, 0.1) is 0 Å². The third-order valence-corrected chi connectivity index (χ3v) is 7.16. The van der Waals surface area contributed by atoms with Crippen molar-refractivity contribution in [2.45, 2.75) is 52.1 Å². The van der Waals surface area contributed by atoms with Gasteiger partial charge >= 0.3 is 0 Å². The van der Waals surface area contributed by atoms with Crippen molar-refractivity contribution in [2.75, 3.05) is 30.8 Å². The van der Waals surface area contributed by atoms with E-state index in [1.165, 1.54) is 16.3 Å². The highest BCUT2D eigenvalue weighted by Gasteiger charge is 2.26. The number of unbranched alkanes of at least 4 members (excludes halogenated alkanes) is 1. The van der Waals surface area contributed by atoms with Crippen LogP contribution in [0.15, 0.2) is 48.5 Å². The van der Waals surface area contributed by atoms with Crippen LogP contribution in [-0.4, -0.2) is 57.6 Å². The summed E-state index contributed by atoms with van der Waals surface area (Å²) >= 11 is 6.12. The molecule has 0 aliphatic carbocycles. The first-order chi connectivity index (χ1) is 17.1. The van der Waals surface area contributed by atoms with Crippen LogP contribution in [0.1, 0.15) is 45.1 Å². The number of rotatable bonds is 14. The number of hydrogen-bond acceptors (Lipinski definition) is 5. The molecular formula is C26H36ClN3O5S. The molecule has 1 N–H and O–H groups in total. The predicted octanol–water partition coefficient (Wildman–Crippen LogP) is 4.23. The van der Waals surface area contributed by atoms with Gasteiger partial charge in [0.2, 0.25) is 21.8 Å². The van der Waals surface area contributed by atoms with E-state index in [1.807, 2.05) is 13.0 Å². The molecule has 2 amide bonds. The highest BCUT2D eigenvalue weighted by atomic mass is 35.5. The zero-order chi connectivity index (χ0) is 26.7. The molecule has 8 nitrogen and oxygen atoms in total. The van der Waals surface area contributed by atoms with Gasteiger partial charge in [0.15, 0.2) is 0 Å². The Balaban J connectivity index is 2.16. The number of anilines is 1. The second-order valence-corrected chi connectivity index (χ2v) is 11.0. The van der Waals surface area contributed by atoms with Gasteiger partial charge in [0.05, 0.1) is 19.1 Å². The van der Waals surface area contributed by atoms with Crippen molar-refractivity contribution in [3.05, 3.63) is 59.1 Å². The number of carbonyl (C=O) groups is 2. The van der Waals surface area contributed by atoms with Crippen LogP contribution in [0.25, 0.3) is 0 Å². The maximum absolute atomic E-state index is 13.3. The minimum absolute atomic E-state index is 0.0726. The van der Waals surface area contributed by atoms with Crippen molar-refractivity contribution < 1.29 is 22.7 Å². The molecule has 0 aliphatic rings. The van der Waals surface area contributed by atoms with E-state index in [0.717, 1.165) is 24.7 Å². The molecule has 36 heavy (non-hydrogen) atoms. The van der Waals surface area contributed by atoms with Crippen LogP contribution in [0.5, 0.6) is 5.75 Å². The number of nitrogens with one attached hydrogen (secondary N) is 1. The number of halogens is 1. The first kappa shape index (κ1) is 29.5. The second-order valence-electron chi connectivity index (χ2n) is 8.61. The van der Waals surface area contributed by atoms with Gasteiger partial charge in [0, 0.05) is 37.1 Å². The lowest BCUT2D eigenvalue weighted by molar-refractivity contribution is -0.140. The van der Waals surface area contributed by atoms with Crippen LogP contribution < -0.4 is 14.4 Å². The summed E-state index contributed by atoms with van der Waals surface area (Å²) in [5, 5.41) is 3.43. The third kappa shape index (κ3) is 9.02. The minimum atomic E-state index is -3.58. The van der Waals surface area contributed by atoms with E-state index in [1.54, 1.807) is 49.4 Å². The topological polar surface area (TPSA) is 96.0 Å². The number of benzene rings is 2. The number of nitrogens with zero attached hydrogens (tertiary/aromatic N) is 2. The second kappa shape index (κ2) is 14.1. The van der Waals surface area contributed by atoms with E-state index in [-0.39, 0.29) is 37.7 Å². The molecule has 10 heteroatoms. The zero-order valence-corrected chi connectivity index (χ0v) is 22.9. The van der Waals surface area contributed by atoms with E-state index in [9.17, 15) is 18.0 Å². The van der Waals surface area contributed by atoms with Crippen LogP contribution >= 0.6 is 11.6 Å². The average Bonchev–Trinajstić information content (AvgIpc) is 2.84. The Bertz CT molecular complexity index is 1130. The van der Waals surface area contributed by atoms with E-state index >= 15 is 0 Å². The lowest BCUT2D eigenvalue weighted by Crippen LogP contribution is -2.48. The molecule has 2 rings (SSSR count). The van der Waals surface area contributed by atoms with Crippen LogP contribution in [0.3, 0.4) is 0 Å². The number of hydrogen-bond donors (Lipinski definition) is 1. The summed E-state index contributed by atoms with van der Waals surface area (Å²) in [6.45, 7) is 4.61. The van der Waals surface area contributed by atoms with Gasteiger partial charge in [-0.2, -0.15) is 0 Å². The van der Waals surface area contributed by atoms with Gasteiger partial charge in [-0.3, -0.25) is 13.9 Å². The summed E-state index contributed by atoms with van der Waals surface area (Å²) in [5.74, 6) is 0.0630. The standard InChI is InChI=1S/C26H36ClN3O5S/c1-5-6-15-28-26(32)20(2)29(19-21-10-7-11-22(27)17-21)25(31)14-9-16-30(36(4,33)34)23-12-8-13-24(18-23)35-3/h7-8,10-13,17-18,20H,5-6,9,14-16,19H2,1-4H3,(H,28,32)/t20-/m1/s1. The van der Waals surface area contributed by atoms with Crippen molar-refractivity contribution in [3.8, 4) is 5.75 Å². The van der Waals surface area contributed by atoms with Crippen LogP contribution in [0.2, 0.25) is 5.02 Å². The molecule has 0 spiro atoms. The Kier molecular flexibility index (Phi) is 11.5. The molecule has 0 heterocycles. The molecule has 0 aliphatic heterocycles. The van der Waals surface area contributed by atoms with E-state index in [4.69, 9.17) is 16.3 Å². The number of ether oxygens (including phenoxy) is 1. The number of carbonyl (C=O) groups excluding carboxylic acids is 2. The monoisotopic (exact) mass is 537 g/mol. The molecular weight excluding hydrogens is 502 g/mol. The highest BCUT2D eigenvalue weighted by Crippen LogP contribution is 2.24. The summed E-state index contributed by atoms with van der Waals surface area (Å²) in [4.78, 5) is 27.6. The van der Waals surface area contributed by atoms with Gasteiger partial charge in [0.1, 0.15) is 11.8 Å². The minimum Gasteiger partial charge on any atom is -0.497 e. The highest BCUT2D eigenvalue weighted by molar-refractivity contribution is 7.92. The summed E-state index contributed by atoms with van der Waals surface area (Å²) in [6.07, 6.45) is 3.28. The Morgan fingerprint density at radius 2 is 1.83 bits per heavy atom. The largest absolute Gasteiger partial charge is 0.497 e. The van der Waals surface area contributed by atoms with Gasteiger partial charge in [-0.15, -0.1) is 0 Å². The lowest BCUT2D eigenvalue weighted by Gasteiger charge is -2.29. The van der Waals surface area contributed by atoms with E-state index in [0.29, 0.717) is 23.0 Å². The number of amides is 2. The molecule has 0 saturated heterocycles. The lowest BCUT2D eigenvalue weighted by atomic mass is 10.1. The Hall–Kier alpha value is -2.78. The van der Waals surface area contributed by atoms with Crippen LogP contribution in [0.4, 0.5) is 5.69 Å². The first-order valence-corrected chi connectivity index (χ1v) is 14.2. The quantitative estimate of drug-likeness (QED) is 0.364. The maximum atomic E-state index is 13.3. The summed E-state index contributed by atoms with van der Waals surface area (Å²) in [7, 11) is -2.07. The maximum Gasteiger partial charge on any atom is 0.242 e. The van der Waals surface area contributed by atoms with Gasteiger partial charge in [-0.05, 0) is 49.6 Å². The predicted molar refractivity (Wildman–Crippen MR) is 144 cm³/mol. The fourth-order valence-electron chi connectivity index (χ4n) is 3.72. The molecule has 1 atom stereocenters. The SMILES string of the molecule is CCCCNC(=O)[C@@H](C)N(Cc1cccc(Cl)c1)C(=O)CCCN(c1cccc(OC)c1)S(C)(=O)=O.